The van der Waals surface area contributed by atoms with E-state index >= 15 is 0 Å². The van der Waals surface area contributed by atoms with E-state index < -0.39 is 0 Å². The largest absolute Gasteiger partial charge is 0.352 e. The van der Waals surface area contributed by atoms with Gasteiger partial charge in [0.2, 0.25) is 11.8 Å². The summed E-state index contributed by atoms with van der Waals surface area (Å²) in [7, 11) is 0. The smallest absolute Gasteiger partial charge is 0.229 e. The van der Waals surface area contributed by atoms with Gasteiger partial charge >= 0.3 is 0 Å². The van der Waals surface area contributed by atoms with E-state index in [0.29, 0.717) is 6.54 Å². The molecule has 1 aromatic rings. The van der Waals surface area contributed by atoms with Gasteiger partial charge in [-0.1, -0.05) is 30.3 Å². The van der Waals surface area contributed by atoms with Crippen molar-refractivity contribution >= 4 is 11.8 Å². The van der Waals surface area contributed by atoms with Crippen molar-refractivity contribution in [2.24, 2.45) is 0 Å². The van der Waals surface area contributed by atoms with Crippen molar-refractivity contribution in [2.75, 3.05) is 0 Å². The van der Waals surface area contributed by atoms with Crippen molar-refractivity contribution in [2.45, 2.75) is 39.3 Å². The van der Waals surface area contributed by atoms with Crippen molar-refractivity contribution in [3.63, 3.8) is 0 Å². The molecule has 0 aliphatic carbocycles. The highest BCUT2D eigenvalue weighted by Gasteiger charge is 2.16. The van der Waals surface area contributed by atoms with Gasteiger partial charge in [-0.15, -0.1) is 0 Å². The number of benzene rings is 1. The molecule has 4 heteroatoms. The van der Waals surface area contributed by atoms with Crippen LogP contribution in [0.3, 0.4) is 0 Å². The molecule has 1 rings (SSSR count). The molecule has 0 radical (unpaired) electrons. The maximum atomic E-state index is 11.5. The van der Waals surface area contributed by atoms with E-state index in [1.165, 1.54) is 0 Å². The number of carbonyl (C=O) groups excluding carboxylic acids is 2. The standard InChI is InChI=1S/C14H20N2O2/c1-14(2,3)16-13(18)9-12(17)15-10-11-7-5-4-6-8-11/h4-8H,9-10H2,1-3H3,(H,15,17)(H,16,18). The highest BCUT2D eigenvalue weighted by Crippen LogP contribution is 2.00. The molecule has 2 N–H and O–H groups in total. The zero-order valence-electron chi connectivity index (χ0n) is 11.1. The number of hydrogen-bond acceptors (Lipinski definition) is 2. The molecule has 0 spiro atoms. The third-order valence-corrected chi connectivity index (χ3v) is 2.17. The maximum absolute atomic E-state index is 11.5. The molecule has 18 heavy (non-hydrogen) atoms. The van der Waals surface area contributed by atoms with Crippen LogP contribution in [0.25, 0.3) is 0 Å². The van der Waals surface area contributed by atoms with Gasteiger partial charge in [0.25, 0.3) is 0 Å². The van der Waals surface area contributed by atoms with Gasteiger partial charge in [-0.2, -0.15) is 0 Å². The van der Waals surface area contributed by atoms with Crippen LogP contribution in [-0.2, 0) is 16.1 Å². The van der Waals surface area contributed by atoms with Crippen molar-refractivity contribution in [1.82, 2.24) is 10.6 Å². The second-order valence-electron chi connectivity index (χ2n) is 5.24. The fraction of sp³-hybridized carbons (Fsp3) is 0.429. The van der Waals surface area contributed by atoms with Gasteiger partial charge in [0.15, 0.2) is 0 Å². The van der Waals surface area contributed by atoms with Gasteiger partial charge in [0.1, 0.15) is 6.42 Å². The number of nitrogens with one attached hydrogen (secondary N) is 2. The third-order valence-electron chi connectivity index (χ3n) is 2.17. The Morgan fingerprint density at radius 3 is 2.22 bits per heavy atom. The molecule has 1 aromatic carbocycles. The molecule has 0 bridgehead atoms. The first-order valence-corrected chi connectivity index (χ1v) is 5.98. The second-order valence-corrected chi connectivity index (χ2v) is 5.24. The minimum Gasteiger partial charge on any atom is -0.352 e. The summed E-state index contributed by atoms with van der Waals surface area (Å²) >= 11 is 0. The van der Waals surface area contributed by atoms with Crippen LogP contribution in [0.4, 0.5) is 0 Å². The van der Waals surface area contributed by atoms with E-state index in [2.05, 4.69) is 10.6 Å². The Bertz CT molecular complexity index is 408. The summed E-state index contributed by atoms with van der Waals surface area (Å²) in [6.45, 7) is 6.09. The Morgan fingerprint density at radius 1 is 1.06 bits per heavy atom. The van der Waals surface area contributed by atoms with Gasteiger partial charge in [0, 0.05) is 12.1 Å². The van der Waals surface area contributed by atoms with E-state index in [1.54, 1.807) is 0 Å². The van der Waals surface area contributed by atoms with Crippen LogP contribution in [0.15, 0.2) is 30.3 Å². The zero-order valence-corrected chi connectivity index (χ0v) is 11.1. The fourth-order valence-electron chi connectivity index (χ4n) is 1.47. The average molecular weight is 248 g/mol. The lowest BCUT2D eigenvalue weighted by molar-refractivity contribution is -0.130. The zero-order chi connectivity index (χ0) is 13.6. The second kappa shape index (κ2) is 6.19. The predicted octanol–water partition coefficient (Wildman–Crippen LogP) is 1.61. The van der Waals surface area contributed by atoms with Crippen LogP contribution in [0, 0.1) is 0 Å². The van der Waals surface area contributed by atoms with Gasteiger partial charge in [-0.05, 0) is 26.3 Å². The van der Waals surface area contributed by atoms with E-state index in [0.717, 1.165) is 5.56 Å². The number of amides is 2. The van der Waals surface area contributed by atoms with Crippen LogP contribution in [0.1, 0.15) is 32.8 Å². The minimum atomic E-state index is -0.309. The monoisotopic (exact) mass is 248 g/mol. The quantitative estimate of drug-likeness (QED) is 0.795. The summed E-state index contributed by atoms with van der Waals surface area (Å²) in [5.74, 6) is -0.520. The third kappa shape index (κ3) is 6.03. The lowest BCUT2D eigenvalue weighted by atomic mass is 10.1. The molecule has 98 valence electrons. The molecule has 0 fully saturated rings. The first kappa shape index (κ1) is 14.2. The molecule has 0 aromatic heterocycles. The molecule has 0 heterocycles. The van der Waals surface area contributed by atoms with Crippen LogP contribution in [-0.4, -0.2) is 17.4 Å². The number of rotatable bonds is 4. The average Bonchev–Trinajstić information content (AvgIpc) is 2.25. The lowest BCUT2D eigenvalue weighted by Gasteiger charge is -2.20. The SMILES string of the molecule is CC(C)(C)NC(=O)CC(=O)NCc1ccccc1. The minimum absolute atomic E-state index is 0.135. The normalized spacial score (nSPS) is 10.8. The van der Waals surface area contributed by atoms with Crippen LogP contribution < -0.4 is 10.6 Å². The number of carbonyl (C=O) groups is 2. The summed E-state index contributed by atoms with van der Waals surface area (Å²) in [4.78, 5) is 23.0. The van der Waals surface area contributed by atoms with Gasteiger partial charge in [-0.25, -0.2) is 0 Å². The number of hydrogen-bond donors (Lipinski definition) is 2. The van der Waals surface area contributed by atoms with Crippen LogP contribution in [0.2, 0.25) is 0 Å². The molecule has 0 saturated carbocycles. The van der Waals surface area contributed by atoms with E-state index in [4.69, 9.17) is 0 Å². The maximum Gasteiger partial charge on any atom is 0.229 e. The first-order chi connectivity index (χ1) is 8.37. The Balaban J connectivity index is 2.32. The Hall–Kier alpha value is -1.84. The van der Waals surface area contributed by atoms with E-state index in [1.807, 2.05) is 51.1 Å². The molecular weight excluding hydrogens is 228 g/mol. The van der Waals surface area contributed by atoms with Crippen LogP contribution in [0.5, 0.6) is 0 Å². The van der Waals surface area contributed by atoms with E-state index in [9.17, 15) is 9.59 Å². The summed E-state index contributed by atoms with van der Waals surface area (Å²) in [6.07, 6.45) is -0.135. The van der Waals surface area contributed by atoms with E-state index in [-0.39, 0.29) is 23.8 Å². The summed E-state index contributed by atoms with van der Waals surface area (Å²) in [6, 6.07) is 9.59. The van der Waals surface area contributed by atoms with Crippen molar-refractivity contribution in [1.29, 1.82) is 0 Å². The molecular formula is C14H20N2O2. The van der Waals surface area contributed by atoms with Gasteiger partial charge in [-0.3, -0.25) is 9.59 Å². The fourth-order valence-corrected chi connectivity index (χ4v) is 1.47. The molecule has 0 unspecified atom stereocenters. The summed E-state index contributed by atoms with van der Waals surface area (Å²) in [5, 5.41) is 5.46. The van der Waals surface area contributed by atoms with Gasteiger partial charge in [0.05, 0.1) is 0 Å². The predicted molar refractivity (Wildman–Crippen MR) is 70.8 cm³/mol. The molecule has 0 saturated heterocycles. The summed E-state index contributed by atoms with van der Waals surface area (Å²) < 4.78 is 0. The Labute approximate surface area is 108 Å². The lowest BCUT2D eigenvalue weighted by Crippen LogP contribution is -2.42. The summed E-state index contributed by atoms with van der Waals surface area (Å²) in [5.41, 5.74) is 0.707. The topological polar surface area (TPSA) is 58.2 Å². The molecule has 2 amide bonds. The van der Waals surface area contributed by atoms with Crippen molar-refractivity contribution in [3.05, 3.63) is 35.9 Å². The first-order valence-electron chi connectivity index (χ1n) is 5.98. The van der Waals surface area contributed by atoms with Gasteiger partial charge < -0.3 is 10.6 Å². The van der Waals surface area contributed by atoms with Crippen LogP contribution >= 0.6 is 0 Å². The molecule has 0 aliphatic rings. The Morgan fingerprint density at radius 2 is 1.67 bits per heavy atom. The molecule has 0 atom stereocenters. The highest BCUT2D eigenvalue weighted by molar-refractivity contribution is 5.97. The molecule has 4 nitrogen and oxygen atoms in total. The Kier molecular flexibility index (Phi) is 4.89. The molecule has 0 aliphatic heterocycles. The highest BCUT2D eigenvalue weighted by atomic mass is 16.2. The van der Waals surface area contributed by atoms with Crippen molar-refractivity contribution < 1.29 is 9.59 Å². The van der Waals surface area contributed by atoms with Crippen molar-refractivity contribution in [3.8, 4) is 0 Å².